The van der Waals surface area contributed by atoms with Gasteiger partial charge in [0.1, 0.15) is 0 Å². The molecule has 1 fully saturated rings. The lowest BCUT2D eigenvalue weighted by molar-refractivity contribution is 0.604. The summed E-state index contributed by atoms with van der Waals surface area (Å²) >= 11 is 4.13. The van der Waals surface area contributed by atoms with Crippen LogP contribution in [-0.4, -0.2) is 29.1 Å². The molecule has 2 rings (SSSR count). The van der Waals surface area contributed by atoms with E-state index in [-0.39, 0.29) is 0 Å². The highest BCUT2D eigenvalue weighted by Gasteiger charge is 2.11. The van der Waals surface area contributed by atoms with Crippen LogP contribution in [-0.2, 0) is 13.1 Å². The van der Waals surface area contributed by atoms with Crippen LogP contribution >= 0.6 is 23.5 Å². The fourth-order valence-electron chi connectivity index (χ4n) is 1.79. The Bertz CT molecular complexity index is 319. The first kappa shape index (κ1) is 13.3. The van der Waals surface area contributed by atoms with Crippen molar-refractivity contribution >= 4 is 23.5 Å². The molecule has 1 heterocycles. The second-order valence-electron chi connectivity index (χ2n) is 4.25. The highest BCUT2D eigenvalue weighted by atomic mass is 32.2. The van der Waals surface area contributed by atoms with Crippen LogP contribution in [0.1, 0.15) is 11.1 Å². The van der Waals surface area contributed by atoms with Crippen molar-refractivity contribution in [2.24, 2.45) is 5.73 Å². The van der Waals surface area contributed by atoms with Crippen LogP contribution in [0.5, 0.6) is 0 Å². The summed E-state index contributed by atoms with van der Waals surface area (Å²) < 4.78 is 0. The monoisotopic (exact) mass is 268 g/mol. The maximum absolute atomic E-state index is 5.59. The maximum atomic E-state index is 5.59. The van der Waals surface area contributed by atoms with Crippen LogP contribution in [0.2, 0.25) is 0 Å². The normalized spacial score (nSPS) is 17.9. The summed E-state index contributed by atoms with van der Waals surface area (Å²) in [6, 6.07) is 9.24. The average molecular weight is 268 g/mol. The van der Waals surface area contributed by atoms with Gasteiger partial charge in [0.15, 0.2) is 0 Å². The lowest BCUT2D eigenvalue weighted by Crippen LogP contribution is -2.32. The van der Waals surface area contributed by atoms with E-state index >= 15 is 0 Å². The van der Waals surface area contributed by atoms with Gasteiger partial charge >= 0.3 is 0 Å². The van der Waals surface area contributed by atoms with Gasteiger partial charge in [0.05, 0.1) is 0 Å². The predicted molar refractivity (Wildman–Crippen MR) is 79.6 cm³/mol. The minimum absolute atomic E-state index is 0.629. The van der Waals surface area contributed by atoms with Crippen molar-refractivity contribution in [1.82, 2.24) is 5.32 Å². The Morgan fingerprint density at radius 2 is 1.65 bits per heavy atom. The molecule has 0 saturated carbocycles. The Kier molecular flexibility index (Phi) is 5.71. The SMILES string of the molecule is NCc1ccc(CNC2CSCCSC2)cc1. The summed E-state index contributed by atoms with van der Waals surface area (Å²) in [5, 5.41) is 3.64. The molecule has 4 heteroatoms. The second kappa shape index (κ2) is 7.31. The molecule has 0 radical (unpaired) electrons. The van der Waals surface area contributed by atoms with Crippen LogP contribution < -0.4 is 11.1 Å². The largest absolute Gasteiger partial charge is 0.326 e. The Morgan fingerprint density at radius 1 is 1.06 bits per heavy atom. The Hall–Kier alpha value is -0.160. The molecule has 0 amide bonds. The number of nitrogens with two attached hydrogens (primary N) is 1. The molecule has 1 aliphatic heterocycles. The quantitative estimate of drug-likeness (QED) is 0.877. The standard InChI is InChI=1S/C13H20N2S2/c14-7-11-1-3-12(4-2-11)8-15-13-9-16-5-6-17-10-13/h1-4,13,15H,5-10,14H2. The topological polar surface area (TPSA) is 38.0 Å². The van der Waals surface area contributed by atoms with Gasteiger partial charge in [-0.2, -0.15) is 23.5 Å². The third-order valence-electron chi connectivity index (χ3n) is 2.86. The van der Waals surface area contributed by atoms with Crippen molar-refractivity contribution in [3.05, 3.63) is 35.4 Å². The summed E-state index contributed by atoms with van der Waals surface area (Å²) in [4.78, 5) is 0. The van der Waals surface area contributed by atoms with Gasteiger partial charge < -0.3 is 11.1 Å². The van der Waals surface area contributed by atoms with E-state index in [4.69, 9.17) is 5.73 Å². The van der Waals surface area contributed by atoms with Gasteiger partial charge in [0, 0.05) is 42.1 Å². The van der Waals surface area contributed by atoms with Gasteiger partial charge in [-0.3, -0.25) is 0 Å². The Labute approximate surface area is 112 Å². The fraction of sp³-hybridized carbons (Fsp3) is 0.538. The molecule has 1 aromatic rings. The molecule has 3 N–H and O–H groups in total. The predicted octanol–water partition coefficient (Wildman–Crippen LogP) is 2.08. The molecule has 0 atom stereocenters. The number of benzene rings is 1. The van der Waals surface area contributed by atoms with Crippen molar-refractivity contribution < 1.29 is 0 Å². The summed E-state index contributed by atoms with van der Waals surface area (Å²) in [7, 11) is 0. The molecular formula is C13H20N2S2. The Balaban J connectivity index is 1.79. The van der Waals surface area contributed by atoms with E-state index in [1.807, 2.05) is 0 Å². The molecule has 17 heavy (non-hydrogen) atoms. The number of hydrogen-bond donors (Lipinski definition) is 2. The van der Waals surface area contributed by atoms with Crippen molar-refractivity contribution in [2.75, 3.05) is 23.0 Å². The lowest BCUT2D eigenvalue weighted by Gasteiger charge is -2.15. The van der Waals surface area contributed by atoms with Gasteiger partial charge in [-0.1, -0.05) is 24.3 Å². The molecular weight excluding hydrogens is 248 g/mol. The number of hydrogen-bond acceptors (Lipinski definition) is 4. The molecule has 1 aromatic carbocycles. The minimum Gasteiger partial charge on any atom is -0.326 e. The van der Waals surface area contributed by atoms with Gasteiger partial charge in [-0.15, -0.1) is 0 Å². The van der Waals surface area contributed by atoms with Gasteiger partial charge in [0.25, 0.3) is 0 Å². The first-order valence-corrected chi connectivity index (χ1v) is 8.36. The van der Waals surface area contributed by atoms with Crippen LogP contribution in [0.25, 0.3) is 0 Å². The van der Waals surface area contributed by atoms with Crippen molar-refractivity contribution in [3.8, 4) is 0 Å². The molecule has 0 spiro atoms. The first-order chi connectivity index (χ1) is 8.38. The molecule has 1 aliphatic rings. The lowest BCUT2D eigenvalue weighted by atomic mass is 10.1. The van der Waals surface area contributed by atoms with Crippen LogP contribution in [0, 0.1) is 0 Å². The smallest absolute Gasteiger partial charge is 0.0252 e. The van der Waals surface area contributed by atoms with Crippen molar-refractivity contribution in [3.63, 3.8) is 0 Å². The third-order valence-corrected chi connectivity index (χ3v) is 5.38. The maximum Gasteiger partial charge on any atom is 0.0252 e. The third kappa shape index (κ3) is 4.54. The zero-order valence-electron chi connectivity index (χ0n) is 10.0. The molecule has 0 aromatic heterocycles. The second-order valence-corrected chi connectivity index (χ2v) is 6.55. The van der Waals surface area contributed by atoms with E-state index in [0.29, 0.717) is 12.6 Å². The zero-order valence-corrected chi connectivity index (χ0v) is 11.7. The van der Waals surface area contributed by atoms with Crippen LogP contribution in [0.3, 0.4) is 0 Å². The van der Waals surface area contributed by atoms with Gasteiger partial charge in [0.2, 0.25) is 0 Å². The molecule has 0 aliphatic carbocycles. The molecule has 0 unspecified atom stereocenters. The van der Waals surface area contributed by atoms with E-state index in [0.717, 1.165) is 6.54 Å². The number of thioether (sulfide) groups is 2. The highest BCUT2D eigenvalue weighted by molar-refractivity contribution is 8.03. The van der Waals surface area contributed by atoms with Crippen LogP contribution in [0.15, 0.2) is 24.3 Å². The van der Waals surface area contributed by atoms with Crippen LogP contribution in [0.4, 0.5) is 0 Å². The van der Waals surface area contributed by atoms with E-state index in [1.165, 1.54) is 34.1 Å². The highest BCUT2D eigenvalue weighted by Crippen LogP contribution is 2.16. The van der Waals surface area contributed by atoms with E-state index in [1.54, 1.807) is 0 Å². The summed E-state index contributed by atoms with van der Waals surface area (Å²) in [6.07, 6.45) is 0. The van der Waals surface area contributed by atoms with Crippen molar-refractivity contribution in [1.29, 1.82) is 0 Å². The average Bonchev–Trinajstić information content (AvgIpc) is 2.65. The van der Waals surface area contributed by atoms with E-state index in [2.05, 4.69) is 53.1 Å². The van der Waals surface area contributed by atoms with Gasteiger partial charge in [-0.25, -0.2) is 0 Å². The summed E-state index contributed by atoms with van der Waals surface area (Å²) in [5.74, 6) is 5.09. The summed E-state index contributed by atoms with van der Waals surface area (Å²) in [5.41, 5.74) is 8.14. The molecule has 94 valence electrons. The van der Waals surface area contributed by atoms with E-state index < -0.39 is 0 Å². The number of nitrogens with one attached hydrogen (secondary N) is 1. The number of rotatable bonds is 4. The van der Waals surface area contributed by atoms with E-state index in [9.17, 15) is 0 Å². The van der Waals surface area contributed by atoms with Gasteiger partial charge in [-0.05, 0) is 11.1 Å². The summed E-state index contributed by atoms with van der Waals surface area (Å²) in [6.45, 7) is 1.60. The minimum atomic E-state index is 0.629. The zero-order chi connectivity index (χ0) is 11.9. The Morgan fingerprint density at radius 3 is 2.24 bits per heavy atom. The molecule has 0 bridgehead atoms. The first-order valence-electron chi connectivity index (χ1n) is 6.05. The van der Waals surface area contributed by atoms with Crippen molar-refractivity contribution in [2.45, 2.75) is 19.1 Å². The molecule has 1 saturated heterocycles. The fourth-order valence-corrected chi connectivity index (χ4v) is 4.26. The molecule has 2 nitrogen and oxygen atoms in total.